The van der Waals surface area contributed by atoms with E-state index >= 15 is 0 Å². The van der Waals surface area contributed by atoms with Crippen LogP contribution in [0.25, 0.3) is 11.1 Å². The van der Waals surface area contributed by atoms with Gasteiger partial charge in [0.05, 0.1) is 6.61 Å². The lowest BCUT2D eigenvalue weighted by Gasteiger charge is -2.32. The lowest BCUT2D eigenvalue weighted by atomic mass is 9.86. The normalized spacial score (nSPS) is 15.8. The van der Waals surface area contributed by atoms with Gasteiger partial charge in [0.2, 0.25) is 0 Å². The Morgan fingerprint density at radius 1 is 1.19 bits per heavy atom. The first-order valence-electron chi connectivity index (χ1n) is 8.89. The van der Waals surface area contributed by atoms with Gasteiger partial charge in [-0.1, -0.05) is 36.6 Å². The summed E-state index contributed by atoms with van der Waals surface area (Å²) in [5.74, 6) is 0.0330. The Bertz CT molecular complexity index is 800. The van der Waals surface area contributed by atoms with Crippen LogP contribution in [-0.4, -0.2) is 41.2 Å². The molecule has 0 saturated heterocycles. The Kier molecular flexibility index (Phi) is 5.54. The van der Waals surface area contributed by atoms with Crippen LogP contribution in [0, 0.1) is 5.41 Å². The molecule has 2 aromatic carbocycles. The third kappa shape index (κ3) is 3.87. The Labute approximate surface area is 159 Å². The van der Waals surface area contributed by atoms with Crippen LogP contribution < -0.4 is 0 Å². The van der Waals surface area contributed by atoms with E-state index in [0.717, 1.165) is 31.2 Å². The molecule has 0 aromatic heterocycles. The second-order valence-electron chi connectivity index (χ2n) is 7.27. The fourth-order valence-electron chi connectivity index (χ4n) is 3.85. The second kappa shape index (κ2) is 7.68. The summed E-state index contributed by atoms with van der Waals surface area (Å²) in [6, 6.07) is 12.0. The summed E-state index contributed by atoms with van der Waals surface area (Å²) in [6.07, 6.45) is 4.12. The minimum atomic E-state index is -0.173. The highest BCUT2D eigenvalue weighted by Crippen LogP contribution is 2.38. The zero-order valence-electron chi connectivity index (χ0n) is 14.9. The Hall–Kier alpha value is -2.04. The van der Waals surface area contributed by atoms with Gasteiger partial charge < -0.3 is 15.1 Å². The lowest BCUT2D eigenvalue weighted by Crippen LogP contribution is -2.39. The fourth-order valence-corrected chi connectivity index (χ4v) is 4.02. The second-order valence-corrected chi connectivity index (χ2v) is 7.71. The van der Waals surface area contributed by atoms with E-state index in [1.165, 1.54) is 0 Å². The molecule has 0 bridgehead atoms. The van der Waals surface area contributed by atoms with Gasteiger partial charge in [-0.3, -0.25) is 4.79 Å². The van der Waals surface area contributed by atoms with E-state index in [1.807, 2.05) is 6.07 Å². The number of carbonyl (C=O) groups excluding carboxylic acids is 1. The topological polar surface area (TPSA) is 60.8 Å². The monoisotopic (exact) mass is 373 g/mol. The van der Waals surface area contributed by atoms with Crippen LogP contribution in [0.1, 0.15) is 36.0 Å². The predicted octanol–water partition coefficient (Wildman–Crippen LogP) is 4.34. The molecule has 5 heteroatoms. The quantitative estimate of drug-likeness (QED) is 0.819. The number of aliphatic hydroxyl groups excluding tert-OH is 1. The molecule has 0 aliphatic heterocycles. The van der Waals surface area contributed by atoms with Crippen molar-refractivity contribution in [1.29, 1.82) is 0 Å². The van der Waals surface area contributed by atoms with Gasteiger partial charge in [-0.25, -0.2) is 0 Å². The first kappa shape index (κ1) is 18.7. The summed E-state index contributed by atoms with van der Waals surface area (Å²) in [6.45, 7) is 0.663. The molecule has 0 spiro atoms. The summed E-state index contributed by atoms with van der Waals surface area (Å²) in [4.78, 5) is 14.6. The van der Waals surface area contributed by atoms with Gasteiger partial charge in [0.25, 0.3) is 5.91 Å². The van der Waals surface area contributed by atoms with Crippen LogP contribution in [0.3, 0.4) is 0 Å². The van der Waals surface area contributed by atoms with E-state index in [4.69, 9.17) is 11.6 Å². The van der Waals surface area contributed by atoms with Gasteiger partial charge in [-0.05, 0) is 48.7 Å². The molecule has 138 valence electrons. The SMILES string of the molecule is CN(CC1(CO)CCCC1)C(=O)c1cccc(-c2cc(Cl)ccc2O)c1. The predicted molar refractivity (Wildman–Crippen MR) is 104 cm³/mol. The summed E-state index contributed by atoms with van der Waals surface area (Å²) in [7, 11) is 1.78. The molecule has 4 nitrogen and oxygen atoms in total. The largest absolute Gasteiger partial charge is 0.507 e. The van der Waals surface area contributed by atoms with Crippen LogP contribution in [0.5, 0.6) is 5.75 Å². The average molecular weight is 374 g/mol. The number of rotatable bonds is 5. The van der Waals surface area contributed by atoms with Crippen molar-refractivity contribution in [3.8, 4) is 16.9 Å². The van der Waals surface area contributed by atoms with Crippen molar-refractivity contribution in [2.75, 3.05) is 20.2 Å². The van der Waals surface area contributed by atoms with Gasteiger partial charge in [0.1, 0.15) is 5.75 Å². The molecule has 1 aliphatic carbocycles. The van der Waals surface area contributed by atoms with Crippen LogP contribution >= 0.6 is 11.6 Å². The number of phenols is 1. The number of benzene rings is 2. The molecular formula is C21H24ClNO3. The molecule has 1 saturated carbocycles. The molecule has 1 aliphatic rings. The maximum atomic E-state index is 12.9. The average Bonchev–Trinajstić information content (AvgIpc) is 3.12. The van der Waals surface area contributed by atoms with E-state index in [9.17, 15) is 15.0 Å². The third-order valence-corrected chi connectivity index (χ3v) is 5.53. The summed E-state index contributed by atoms with van der Waals surface area (Å²) in [5, 5.41) is 20.4. The number of carbonyl (C=O) groups is 1. The molecular weight excluding hydrogens is 350 g/mol. The number of phenolic OH excluding ortho intramolecular Hbond substituents is 1. The first-order chi connectivity index (χ1) is 12.4. The number of halogens is 1. The van der Waals surface area contributed by atoms with Crippen molar-refractivity contribution in [3.05, 3.63) is 53.1 Å². The molecule has 3 rings (SSSR count). The van der Waals surface area contributed by atoms with Crippen molar-refractivity contribution in [2.45, 2.75) is 25.7 Å². The van der Waals surface area contributed by atoms with Crippen molar-refractivity contribution < 1.29 is 15.0 Å². The lowest BCUT2D eigenvalue weighted by molar-refractivity contribution is 0.0595. The Morgan fingerprint density at radius 2 is 1.92 bits per heavy atom. The van der Waals surface area contributed by atoms with E-state index in [-0.39, 0.29) is 23.7 Å². The number of amides is 1. The maximum Gasteiger partial charge on any atom is 0.253 e. The van der Waals surface area contributed by atoms with Crippen molar-refractivity contribution in [1.82, 2.24) is 4.90 Å². The molecule has 0 heterocycles. The van der Waals surface area contributed by atoms with Crippen LogP contribution in [0.2, 0.25) is 5.02 Å². The molecule has 26 heavy (non-hydrogen) atoms. The number of hydrogen-bond acceptors (Lipinski definition) is 3. The maximum absolute atomic E-state index is 12.9. The molecule has 2 N–H and O–H groups in total. The highest BCUT2D eigenvalue weighted by molar-refractivity contribution is 6.31. The minimum absolute atomic E-state index is 0.0897. The summed E-state index contributed by atoms with van der Waals surface area (Å²) in [5.41, 5.74) is 1.71. The molecule has 0 radical (unpaired) electrons. The zero-order valence-corrected chi connectivity index (χ0v) is 15.7. The minimum Gasteiger partial charge on any atom is -0.507 e. The van der Waals surface area contributed by atoms with Gasteiger partial charge >= 0.3 is 0 Å². The van der Waals surface area contributed by atoms with Crippen molar-refractivity contribution in [3.63, 3.8) is 0 Å². The fraction of sp³-hybridized carbons (Fsp3) is 0.381. The smallest absolute Gasteiger partial charge is 0.253 e. The molecule has 2 aromatic rings. The van der Waals surface area contributed by atoms with Crippen molar-refractivity contribution >= 4 is 17.5 Å². The van der Waals surface area contributed by atoms with E-state index in [0.29, 0.717) is 22.7 Å². The Morgan fingerprint density at radius 3 is 2.62 bits per heavy atom. The highest BCUT2D eigenvalue weighted by atomic mass is 35.5. The van der Waals surface area contributed by atoms with E-state index in [2.05, 4.69) is 0 Å². The van der Waals surface area contributed by atoms with Gasteiger partial charge in [-0.2, -0.15) is 0 Å². The van der Waals surface area contributed by atoms with Crippen LogP contribution in [0.4, 0.5) is 0 Å². The first-order valence-corrected chi connectivity index (χ1v) is 9.27. The number of hydrogen-bond donors (Lipinski definition) is 2. The standard InChI is InChI=1S/C21H24ClNO3/c1-23(13-21(14-24)9-2-3-10-21)20(26)16-6-4-5-15(11-16)18-12-17(22)7-8-19(18)25/h4-8,11-12,24-25H,2-3,9-10,13-14H2,1H3. The molecule has 0 atom stereocenters. The molecule has 1 fully saturated rings. The molecule has 1 amide bonds. The van der Waals surface area contributed by atoms with E-state index < -0.39 is 0 Å². The van der Waals surface area contributed by atoms with E-state index in [1.54, 1.807) is 48.3 Å². The molecule has 0 unspecified atom stereocenters. The summed E-state index contributed by atoms with van der Waals surface area (Å²) >= 11 is 6.04. The zero-order chi connectivity index (χ0) is 18.7. The highest BCUT2D eigenvalue weighted by Gasteiger charge is 2.35. The van der Waals surface area contributed by atoms with Crippen LogP contribution in [0.15, 0.2) is 42.5 Å². The number of aliphatic hydroxyl groups is 1. The Balaban J connectivity index is 1.83. The van der Waals surface area contributed by atoms with Gasteiger partial charge in [0, 0.05) is 35.2 Å². The van der Waals surface area contributed by atoms with Crippen molar-refractivity contribution in [2.24, 2.45) is 5.41 Å². The number of aromatic hydroxyl groups is 1. The van der Waals surface area contributed by atoms with Crippen LogP contribution in [-0.2, 0) is 0 Å². The van der Waals surface area contributed by atoms with Gasteiger partial charge in [-0.15, -0.1) is 0 Å². The summed E-state index contributed by atoms with van der Waals surface area (Å²) < 4.78 is 0. The number of nitrogens with zero attached hydrogens (tertiary/aromatic N) is 1. The van der Waals surface area contributed by atoms with Gasteiger partial charge in [0.15, 0.2) is 0 Å². The third-order valence-electron chi connectivity index (χ3n) is 5.30.